The monoisotopic (exact) mass is 198 g/mol. The number of benzene rings is 1. The SMILES string of the molecule is C1=C2CN(Cc3ccccc3)CC2=N[N]1. The van der Waals surface area contributed by atoms with E-state index in [0.717, 1.165) is 25.3 Å². The van der Waals surface area contributed by atoms with Crippen molar-refractivity contribution in [2.45, 2.75) is 6.54 Å². The largest absolute Gasteiger partial charge is 0.289 e. The third kappa shape index (κ3) is 1.66. The topological polar surface area (TPSA) is 29.7 Å². The van der Waals surface area contributed by atoms with Crippen LogP contribution in [0.25, 0.3) is 0 Å². The highest BCUT2D eigenvalue weighted by Crippen LogP contribution is 2.18. The van der Waals surface area contributed by atoms with Crippen molar-refractivity contribution in [1.29, 1.82) is 0 Å². The summed E-state index contributed by atoms with van der Waals surface area (Å²) in [4.78, 5) is 2.38. The number of likely N-dealkylation sites (tertiary alicyclic amines) is 1. The minimum atomic E-state index is 0.935. The predicted molar refractivity (Wildman–Crippen MR) is 59.4 cm³/mol. The van der Waals surface area contributed by atoms with Crippen LogP contribution in [0.15, 0.2) is 47.2 Å². The number of nitrogens with zero attached hydrogens (tertiary/aromatic N) is 3. The fourth-order valence-corrected chi connectivity index (χ4v) is 2.03. The second kappa shape index (κ2) is 3.51. The van der Waals surface area contributed by atoms with Crippen molar-refractivity contribution in [1.82, 2.24) is 10.3 Å². The van der Waals surface area contributed by atoms with E-state index in [-0.39, 0.29) is 0 Å². The van der Waals surface area contributed by atoms with Crippen LogP contribution in [0.5, 0.6) is 0 Å². The van der Waals surface area contributed by atoms with Crippen molar-refractivity contribution in [3.63, 3.8) is 0 Å². The van der Waals surface area contributed by atoms with Crippen molar-refractivity contribution in [3.05, 3.63) is 47.7 Å². The van der Waals surface area contributed by atoms with E-state index in [1.165, 1.54) is 11.1 Å². The summed E-state index contributed by atoms with van der Waals surface area (Å²) in [6.07, 6.45) is 1.88. The number of hydrogen-bond acceptors (Lipinski definition) is 2. The van der Waals surface area contributed by atoms with Gasteiger partial charge in [-0.25, -0.2) is 0 Å². The lowest BCUT2D eigenvalue weighted by Crippen LogP contribution is -2.20. The Bertz CT molecular complexity index is 400. The lowest BCUT2D eigenvalue weighted by molar-refractivity contribution is 0.352. The van der Waals surface area contributed by atoms with Crippen LogP contribution in [0.1, 0.15) is 5.56 Å². The van der Waals surface area contributed by atoms with Gasteiger partial charge in [0.25, 0.3) is 0 Å². The molecule has 0 N–H and O–H groups in total. The Morgan fingerprint density at radius 2 is 2.00 bits per heavy atom. The average Bonchev–Trinajstić information content (AvgIpc) is 2.79. The maximum atomic E-state index is 4.10. The zero-order valence-corrected chi connectivity index (χ0v) is 8.43. The van der Waals surface area contributed by atoms with Crippen LogP contribution in [0.4, 0.5) is 0 Å². The third-order valence-electron chi connectivity index (χ3n) is 2.78. The molecule has 0 amide bonds. The summed E-state index contributed by atoms with van der Waals surface area (Å²) in [5.74, 6) is 0. The van der Waals surface area contributed by atoms with Crippen LogP contribution < -0.4 is 5.43 Å². The summed E-state index contributed by atoms with van der Waals surface area (Å²) < 4.78 is 0. The molecule has 1 radical (unpaired) electrons. The van der Waals surface area contributed by atoms with E-state index in [9.17, 15) is 0 Å². The van der Waals surface area contributed by atoms with E-state index in [2.05, 4.69) is 39.7 Å². The normalized spacial score (nSPS) is 19.5. The molecule has 0 spiro atoms. The molecule has 75 valence electrons. The molecule has 0 unspecified atom stereocenters. The summed E-state index contributed by atoms with van der Waals surface area (Å²) in [6, 6.07) is 10.5. The van der Waals surface area contributed by atoms with Crippen LogP contribution in [0, 0.1) is 0 Å². The first-order valence-electron chi connectivity index (χ1n) is 5.14. The molecule has 0 aliphatic carbocycles. The molecule has 3 heteroatoms. The smallest absolute Gasteiger partial charge is 0.0831 e. The summed E-state index contributed by atoms with van der Waals surface area (Å²) >= 11 is 0. The maximum absolute atomic E-state index is 4.10. The molecule has 1 aromatic carbocycles. The van der Waals surface area contributed by atoms with Gasteiger partial charge in [-0.15, -0.1) is 0 Å². The van der Waals surface area contributed by atoms with Gasteiger partial charge in [0, 0.05) is 25.2 Å². The minimum Gasteiger partial charge on any atom is -0.289 e. The highest BCUT2D eigenvalue weighted by atomic mass is 15.3. The van der Waals surface area contributed by atoms with Gasteiger partial charge >= 0.3 is 0 Å². The summed E-state index contributed by atoms with van der Waals surface area (Å²) in [7, 11) is 0. The Morgan fingerprint density at radius 1 is 1.13 bits per heavy atom. The quantitative estimate of drug-likeness (QED) is 0.705. The molecule has 15 heavy (non-hydrogen) atoms. The van der Waals surface area contributed by atoms with Gasteiger partial charge in [-0.2, -0.15) is 10.5 Å². The van der Waals surface area contributed by atoms with E-state index in [0.29, 0.717) is 0 Å². The Morgan fingerprint density at radius 3 is 2.80 bits per heavy atom. The molecular formula is C12H12N3. The summed E-state index contributed by atoms with van der Waals surface area (Å²) in [6.45, 7) is 2.92. The van der Waals surface area contributed by atoms with Crippen LogP contribution in [-0.2, 0) is 6.54 Å². The van der Waals surface area contributed by atoms with Crippen molar-refractivity contribution < 1.29 is 0 Å². The van der Waals surface area contributed by atoms with Crippen molar-refractivity contribution in [2.24, 2.45) is 5.10 Å². The lowest BCUT2D eigenvalue weighted by Gasteiger charge is -2.13. The molecule has 2 aliphatic rings. The van der Waals surface area contributed by atoms with Crippen molar-refractivity contribution >= 4 is 5.71 Å². The first-order chi connectivity index (χ1) is 7.42. The highest BCUT2D eigenvalue weighted by molar-refractivity contribution is 6.04. The van der Waals surface area contributed by atoms with Gasteiger partial charge in [-0.1, -0.05) is 30.3 Å². The van der Waals surface area contributed by atoms with Gasteiger partial charge in [0.15, 0.2) is 0 Å². The number of hydrogen-bond donors (Lipinski definition) is 0. The van der Waals surface area contributed by atoms with Crippen molar-refractivity contribution in [3.8, 4) is 0 Å². The second-order valence-corrected chi connectivity index (χ2v) is 3.95. The highest BCUT2D eigenvalue weighted by Gasteiger charge is 2.25. The van der Waals surface area contributed by atoms with Gasteiger partial charge < -0.3 is 0 Å². The molecule has 3 nitrogen and oxygen atoms in total. The van der Waals surface area contributed by atoms with Crippen molar-refractivity contribution in [2.75, 3.05) is 13.1 Å². The van der Waals surface area contributed by atoms with Crippen LogP contribution in [0.2, 0.25) is 0 Å². The van der Waals surface area contributed by atoms with Gasteiger partial charge in [0.05, 0.1) is 11.9 Å². The second-order valence-electron chi connectivity index (χ2n) is 3.95. The Balaban J connectivity index is 1.70. The molecule has 0 bridgehead atoms. The molecule has 2 heterocycles. The molecule has 0 aromatic heterocycles. The van der Waals surface area contributed by atoms with Gasteiger partial charge in [-0.3, -0.25) is 4.90 Å². The zero-order chi connectivity index (χ0) is 10.1. The molecule has 2 aliphatic heterocycles. The Kier molecular flexibility index (Phi) is 2.03. The molecule has 0 saturated carbocycles. The van der Waals surface area contributed by atoms with E-state index in [1.54, 1.807) is 0 Å². The lowest BCUT2D eigenvalue weighted by atomic mass is 10.2. The molecule has 1 aromatic rings. The van der Waals surface area contributed by atoms with Gasteiger partial charge in [0.1, 0.15) is 0 Å². The van der Waals surface area contributed by atoms with E-state index >= 15 is 0 Å². The first kappa shape index (κ1) is 8.68. The van der Waals surface area contributed by atoms with Crippen LogP contribution >= 0.6 is 0 Å². The fraction of sp³-hybridized carbons (Fsp3) is 0.250. The number of fused-ring (bicyclic) bond motifs is 1. The van der Waals surface area contributed by atoms with E-state index in [4.69, 9.17) is 0 Å². The fourth-order valence-electron chi connectivity index (χ4n) is 2.03. The minimum absolute atomic E-state index is 0.935. The van der Waals surface area contributed by atoms with E-state index < -0.39 is 0 Å². The average molecular weight is 198 g/mol. The van der Waals surface area contributed by atoms with Crippen LogP contribution in [-0.4, -0.2) is 23.7 Å². The molecule has 1 saturated heterocycles. The number of rotatable bonds is 2. The summed E-state index contributed by atoms with van der Waals surface area (Å²) in [5.41, 5.74) is 7.69. The predicted octanol–water partition coefficient (Wildman–Crippen LogP) is 1.36. The Labute approximate surface area is 89.1 Å². The van der Waals surface area contributed by atoms with Crippen LogP contribution in [0.3, 0.4) is 0 Å². The third-order valence-corrected chi connectivity index (χ3v) is 2.78. The first-order valence-corrected chi connectivity index (χ1v) is 5.14. The van der Waals surface area contributed by atoms with Gasteiger partial charge in [0.2, 0.25) is 0 Å². The summed E-state index contributed by atoms with van der Waals surface area (Å²) in [5, 5.41) is 4.10. The Hall–Kier alpha value is -1.61. The zero-order valence-electron chi connectivity index (χ0n) is 8.43. The van der Waals surface area contributed by atoms with Gasteiger partial charge in [-0.05, 0) is 5.56 Å². The molecule has 1 fully saturated rings. The molecule has 0 atom stereocenters. The maximum Gasteiger partial charge on any atom is 0.0831 e. The standard InChI is InChI=1S/C12H12N3/c1-2-4-10(5-3-1)7-15-8-11-6-13-14-12(11)9-15/h1-6H,7-9H2. The van der Waals surface area contributed by atoms with E-state index in [1.807, 2.05) is 12.3 Å². The molecular weight excluding hydrogens is 186 g/mol. The molecule has 3 rings (SSSR count).